The van der Waals surface area contributed by atoms with Crippen molar-refractivity contribution in [3.63, 3.8) is 0 Å². The molecule has 1 N–H and O–H groups in total. The SMILES string of the molecule is CCc1nc2c(C)cc(C)nc2n1Cc1ccc(/C=C/C(=O)O)cc1. The molecular formula is C20H21N3O2. The van der Waals surface area contributed by atoms with Crippen molar-refractivity contribution < 1.29 is 9.90 Å². The number of aromatic nitrogens is 3. The van der Waals surface area contributed by atoms with Gasteiger partial charge < -0.3 is 9.67 Å². The maximum absolute atomic E-state index is 10.6. The van der Waals surface area contributed by atoms with E-state index in [1.807, 2.05) is 31.2 Å². The monoisotopic (exact) mass is 335 g/mol. The molecule has 0 bridgehead atoms. The molecule has 0 saturated carbocycles. The molecule has 5 heteroatoms. The summed E-state index contributed by atoms with van der Waals surface area (Å²) in [4.78, 5) is 20.0. The number of hydrogen-bond donors (Lipinski definition) is 1. The van der Waals surface area contributed by atoms with Gasteiger partial charge in [-0.3, -0.25) is 0 Å². The standard InChI is InChI=1S/C20H21N3O2/c1-4-17-22-19-13(2)11-14(3)21-20(19)23(17)12-16-7-5-15(6-8-16)9-10-18(24)25/h5-11H,4,12H2,1-3H3,(H,24,25)/b10-9+. The maximum atomic E-state index is 10.6. The van der Waals surface area contributed by atoms with E-state index in [9.17, 15) is 4.79 Å². The topological polar surface area (TPSA) is 68.0 Å². The molecule has 128 valence electrons. The Morgan fingerprint density at radius 1 is 1.20 bits per heavy atom. The Labute approximate surface area is 146 Å². The molecule has 3 rings (SSSR count). The van der Waals surface area contributed by atoms with Crippen LogP contribution in [0.15, 0.2) is 36.4 Å². The van der Waals surface area contributed by atoms with E-state index in [-0.39, 0.29) is 0 Å². The summed E-state index contributed by atoms with van der Waals surface area (Å²) < 4.78 is 2.16. The minimum Gasteiger partial charge on any atom is -0.478 e. The van der Waals surface area contributed by atoms with Gasteiger partial charge in [-0.15, -0.1) is 0 Å². The second-order valence-corrected chi connectivity index (χ2v) is 6.13. The number of carbonyl (C=O) groups is 1. The van der Waals surface area contributed by atoms with Gasteiger partial charge in [0.2, 0.25) is 0 Å². The van der Waals surface area contributed by atoms with Crippen LogP contribution in [0.4, 0.5) is 0 Å². The lowest BCUT2D eigenvalue weighted by atomic mass is 10.1. The first kappa shape index (κ1) is 16.9. The van der Waals surface area contributed by atoms with Crippen molar-refractivity contribution in [2.45, 2.75) is 33.7 Å². The summed E-state index contributed by atoms with van der Waals surface area (Å²) in [7, 11) is 0. The maximum Gasteiger partial charge on any atom is 0.328 e. The molecule has 3 aromatic rings. The molecule has 0 aliphatic carbocycles. The number of carboxylic acids is 1. The molecular weight excluding hydrogens is 314 g/mol. The zero-order chi connectivity index (χ0) is 18.0. The molecule has 0 aliphatic rings. The molecule has 0 unspecified atom stereocenters. The number of benzene rings is 1. The van der Waals surface area contributed by atoms with Crippen LogP contribution in [0.3, 0.4) is 0 Å². The van der Waals surface area contributed by atoms with Crippen LogP contribution in [-0.4, -0.2) is 25.6 Å². The van der Waals surface area contributed by atoms with E-state index in [0.717, 1.165) is 51.9 Å². The summed E-state index contributed by atoms with van der Waals surface area (Å²) in [5, 5.41) is 8.70. The summed E-state index contributed by atoms with van der Waals surface area (Å²) in [6.07, 6.45) is 3.57. The average Bonchev–Trinajstić information content (AvgIpc) is 2.92. The Balaban J connectivity index is 1.96. The lowest BCUT2D eigenvalue weighted by Gasteiger charge is -2.09. The molecule has 0 radical (unpaired) electrons. The van der Waals surface area contributed by atoms with E-state index in [1.54, 1.807) is 6.08 Å². The van der Waals surface area contributed by atoms with Gasteiger partial charge in [-0.05, 0) is 42.7 Å². The smallest absolute Gasteiger partial charge is 0.328 e. The fraction of sp³-hybridized carbons (Fsp3) is 0.250. The predicted molar refractivity (Wildman–Crippen MR) is 98.6 cm³/mol. The van der Waals surface area contributed by atoms with Crippen LogP contribution < -0.4 is 0 Å². The number of carboxylic acid groups (broad SMARTS) is 1. The molecule has 5 nitrogen and oxygen atoms in total. The van der Waals surface area contributed by atoms with E-state index in [2.05, 4.69) is 24.5 Å². The zero-order valence-electron chi connectivity index (χ0n) is 14.7. The zero-order valence-corrected chi connectivity index (χ0v) is 14.7. The molecule has 1 aromatic carbocycles. The highest BCUT2D eigenvalue weighted by Gasteiger charge is 2.13. The molecule has 0 fully saturated rings. The van der Waals surface area contributed by atoms with Crippen LogP contribution in [0.25, 0.3) is 17.2 Å². The number of imidazole rings is 1. The highest BCUT2D eigenvalue weighted by molar-refractivity contribution is 5.85. The van der Waals surface area contributed by atoms with Gasteiger partial charge in [0.1, 0.15) is 11.3 Å². The molecule has 25 heavy (non-hydrogen) atoms. The minimum atomic E-state index is -0.946. The van der Waals surface area contributed by atoms with E-state index in [4.69, 9.17) is 15.1 Å². The minimum absolute atomic E-state index is 0.693. The van der Waals surface area contributed by atoms with Gasteiger partial charge >= 0.3 is 5.97 Å². The molecule has 0 spiro atoms. The lowest BCUT2D eigenvalue weighted by molar-refractivity contribution is -0.131. The largest absolute Gasteiger partial charge is 0.478 e. The highest BCUT2D eigenvalue weighted by atomic mass is 16.4. The summed E-state index contributed by atoms with van der Waals surface area (Å²) in [5.41, 5.74) is 6.00. The van der Waals surface area contributed by atoms with E-state index < -0.39 is 5.97 Å². The number of pyridine rings is 1. The number of aryl methyl sites for hydroxylation is 3. The molecule has 2 aromatic heterocycles. The van der Waals surface area contributed by atoms with Crippen molar-refractivity contribution in [2.75, 3.05) is 0 Å². The van der Waals surface area contributed by atoms with Crippen molar-refractivity contribution in [3.05, 3.63) is 64.6 Å². The van der Waals surface area contributed by atoms with Crippen LogP contribution in [0.1, 0.15) is 35.1 Å². The Hall–Kier alpha value is -2.95. The predicted octanol–water partition coefficient (Wildman–Crippen LogP) is 3.76. The Morgan fingerprint density at radius 2 is 1.92 bits per heavy atom. The molecule has 2 heterocycles. The van der Waals surface area contributed by atoms with Crippen LogP contribution in [0.2, 0.25) is 0 Å². The first-order chi connectivity index (χ1) is 12.0. The molecule has 0 atom stereocenters. The third-order valence-electron chi connectivity index (χ3n) is 4.16. The van der Waals surface area contributed by atoms with Gasteiger partial charge in [0.15, 0.2) is 5.65 Å². The first-order valence-electron chi connectivity index (χ1n) is 8.31. The number of fused-ring (bicyclic) bond motifs is 1. The van der Waals surface area contributed by atoms with Crippen LogP contribution in [0.5, 0.6) is 0 Å². The van der Waals surface area contributed by atoms with Crippen LogP contribution in [-0.2, 0) is 17.8 Å². The molecule has 0 aliphatic heterocycles. The summed E-state index contributed by atoms with van der Waals surface area (Å²) in [6, 6.07) is 9.92. The van der Waals surface area contributed by atoms with Gasteiger partial charge in [-0.1, -0.05) is 31.2 Å². The second-order valence-electron chi connectivity index (χ2n) is 6.13. The lowest BCUT2D eigenvalue weighted by Crippen LogP contribution is -2.05. The van der Waals surface area contributed by atoms with Gasteiger partial charge in [0, 0.05) is 18.2 Å². The van der Waals surface area contributed by atoms with Crippen molar-refractivity contribution >= 4 is 23.2 Å². The van der Waals surface area contributed by atoms with Crippen molar-refractivity contribution in [2.24, 2.45) is 0 Å². The van der Waals surface area contributed by atoms with Gasteiger partial charge in [0.25, 0.3) is 0 Å². The second kappa shape index (κ2) is 6.89. The average molecular weight is 335 g/mol. The quantitative estimate of drug-likeness (QED) is 0.721. The molecule has 0 amide bonds. The fourth-order valence-electron chi connectivity index (χ4n) is 2.97. The van der Waals surface area contributed by atoms with Crippen molar-refractivity contribution in [1.82, 2.24) is 14.5 Å². The number of rotatable bonds is 5. The normalized spacial score (nSPS) is 11.5. The summed E-state index contributed by atoms with van der Waals surface area (Å²) in [5.74, 6) is 0.0735. The van der Waals surface area contributed by atoms with Crippen LogP contribution >= 0.6 is 0 Å². The fourth-order valence-corrected chi connectivity index (χ4v) is 2.97. The molecule has 0 saturated heterocycles. The van der Waals surface area contributed by atoms with Gasteiger partial charge in [0.05, 0.1) is 6.54 Å². The summed E-state index contributed by atoms with van der Waals surface area (Å²) in [6.45, 7) is 6.86. The Kier molecular flexibility index (Phi) is 4.65. The third-order valence-corrected chi connectivity index (χ3v) is 4.16. The Morgan fingerprint density at radius 3 is 2.56 bits per heavy atom. The number of aliphatic carboxylic acids is 1. The van der Waals surface area contributed by atoms with E-state index in [0.29, 0.717) is 6.54 Å². The van der Waals surface area contributed by atoms with E-state index in [1.165, 1.54) is 0 Å². The van der Waals surface area contributed by atoms with Crippen LogP contribution in [0, 0.1) is 13.8 Å². The summed E-state index contributed by atoms with van der Waals surface area (Å²) >= 11 is 0. The van der Waals surface area contributed by atoms with E-state index >= 15 is 0 Å². The first-order valence-corrected chi connectivity index (χ1v) is 8.31. The van der Waals surface area contributed by atoms with Crippen molar-refractivity contribution in [3.8, 4) is 0 Å². The van der Waals surface area contributed by atoms with Gasteiger partial charge in [-0.25, -0.2) is 14.8 Å². The van der Waals surface area contributed by atoms with Gasteiger partial charge in [-0.2, -0.15) is 0 Å². The number of nitrogens with zero attached hydrogens (tertiary/aromatic N) is 3. The van der Waals surface area contributed by atoms with Crippen molar-refractivity contribution in [1.29, 1.82) is 0 Å². The third kappa shape index (κ3) is 3.60. The number of hydrogen-bond acceptors (Lipinski definition) is 3. The Bertz CT molecular complexity index is 953. The highest BCUT2D eigenvalue weighted by Crippen LogP contribution is 2.21.